The lowest BCUT2D eigenvalue weighted by Crippen LogP contribution is -2.66. The number of ether oxygens (including phenoxy) is 2. The number of hydrogen-bond donors (Lipinski definition) is 0. The maximum atomic E-state index is 12.0. The zero-order valence-corrected chi connectivity index (χ0v) is 27.9. The zero-order chi connectivity index (χ0) is 31.6. The zero-order valence-electron chi connectivity index (χ0n) is 26.9. The van der Waals surface area contributed by atoms with E-state index in [1.54, 1.807) is 6.92 Å². The molecule has 0 aliphatic rings. The molecule has 0 saturated heterocycles. The Hall–Kier alpha value is -4.11. The molecule has 4 nitrogen and oxygen atoms in total. The van der Waals surface area contributed by atoms with E-state index in [-0.39, 0.29) is 23.3 Å². The van der Waals surface area contributed by atoms with Crippen molar-refractivity contribution in [3.05, 3.63) is 125 Å². The third-order valence-electron chi connectivity index (χ3n) is 7.95. The largest absolute Gasteiger partial charge is 0.489 e. The smallest absolute Gasteiger partial charge is 0.307 e. The van der Waals surface area contributed by atoms with Gasteiger partial charge in [0, 0.05) is 0 Å². The van der Waals surface area contributed by atoms with Gasteiger partial charge in [-0.3, -0.25) is 4.79 Å². The third kappa shape index (κ3) is 7.88. The van der Waals surface area contributed by atoms with Gasteiger partial charge in [-0.25, -0.2) is 0 Å². The highest BCUT2D eigenvalue weighted by atomic mass is 28.4. The first kappa shape index (κ1) is 32.8. The van der Waals surface area contributed by atoms with Gasteiger partial charge in [-0.15, -0.1) is 5.92 Å². The molecule has 5 heteroatoms. The van der Waals surface area contributed by atoms with E-state index in [9.17, 15) is 4.79 Å². The summed E-state index contributed by atoms with van der Waals surface area (Å²) < 4.78 is 18.4. The van der Waals surface area contributed by atoms with Gasteiger partial charge in [-0.2, -0.15) is 0 Å². The van der Waals surface area contributed by atoms with Gasteiger partial charge in [0.25, 0.3) is 8.32 Å². The van der Waals surface area contributed by atoms with Crippen LogP contribution < -0.4 is 15.1 Å². The molecular weight excluding hydrogens is 561 g/mol. The van der Waals surface area contributed by atoms with Gasteiger partial charge >= 0.3 is 5.97 Å². The fourth-order valence-electron chi connectivity index (χ4n) is 5.73. The van der Waals surface area contributed by atoms with Crippen LogP contribution in [0.2, 0.25) is 5.04 Å². The van der Waals surface area contributed by atoms with Crippen molar-refractivity contribution in [2.24, 2.45) is 0 Å². The van der Waals surface area contributed by atoms with Gasteiger partial charge in [-0.05, 0) is 70.6 Å². The standard InChI is InChI=1S/C39H44O4Si/c1-7-15-33(27-38(40)41-8-2)32-22-24-35(25-23-32)42-28-31-20-21-34(30(3)26-31)29-43-44(39(4,5)6,36-16-11-9-12-17-36)37-18-13-10-14-19-37/h9-14,16-26,33H,8,27-29H2,1-6H3. The number of aryl methyl sites for hydroxylation is 1. The van der Waals surface area contributed by atoms with Crippen molar-refractivity contribution >= 4 is 24.7 Å². The molecule has 0 fully saturated rings. The molecular formula is C39H44O4Si. The monoisotopic (exact) mass is 604 g/mol. The molecule has 0 spiro atoms. The van der Waals surface area contributed by atoms with Crippen molar-refractivity contribution < 1.29 is 18.7 Å². The predicted octanol–water partition coefficient (Wildman–Crippen LogP) is 7.71. The first-order valence-electron chi connectivity index (χ1n) is 15.3. The van der Waals surface area contributed by atoms with Gasteiger partial charge in [-0.1, -0.05) is 118 Å². The number of carbonyl (C=O) groups excluding carboxylic acids is 1. The van der Waals surface area contributed by atoms with E-state index in [0.717, 1.165) is 16.9 Å². The van der Waals surface area contributed by atoms with Crippen molar-refractivity contribution in [3.8, 4) is 17.6 Å². The van der Waals surface area contributed by atoms with Crippen LogP contribution in [-0.4, -0.2) is 20.9 Å². The Morgan fingerprint density at radius 2 is 1.45 bits per heavy atom. The quantitative estimate of drug-likeness (QED) is 0.0944. The summed E-state index contributed by atoms with van der Waals surface area (Å²) in [4.78, 5) is 12.0. The summed E-state index contributed by atoms with van der Waals surface area (Å²) in [7, 11) is -2.62. The molecule has 0 amide bonds. The summed E-state index contributed by atoms with van der Waals surface area (Å²) in [5.74, 6) is 6.38. The molecule has 44 heavy (non-hydrogen) atoms. The molecule has 0 bridgehead atoms. The van der Waals surface area contributed by atoms with E-state index in [1.807, 2.05) is 31.2 Å². The highest BCUT2D eigenvalue weighted by Crippen LogP contribution is 2.37. The van der Waals surface area contributed by atoms with Crippen LogP contribution in [0.15, 0.2) is 103 Å². The van der Waals surface area contributed by atoms with Crippen molar-refractivity contribution in [1.29, 1.82) is 0 Å². The van der Waals surface area contributed by atoms with Crippen LogP contribution in [-0.2, 0) is 27.2 Å². The van der Waals surface area contributed by atoms with E-state index in [4.69, 9.17) is 13.9 Å². The van der Waals surface area contributed by atoms with Crippen LogP contribution >= 0.6 is 0 Å². The molecule has 4 aromatic carbocycles. The number of benzene rings is 4. The second kappa shape index (κ2) is 15.1. The molecule has 4 rings (SSSR count). The van der Waals surface area contributed by atoms with Crippen LogP contribution in [0.5, 0.6) is 5.75 Å². The molecule has 0 aliphatic heterocycles. The van der Waals surface area contributed by atoms with Crippen LogP contribution in [0, 0.1) is 18.8 Å². The topological polar surface area (TPSA) is 44.8 Å². The normalized spacial score (nSPS) is 12.1. The summed E-state index contributed by atoms with van der Waals surface area (Å²) in [6, 6.07) is 35.8. The molecule has 0 saturated carbocycles. The van der Waals surface area contributed by atoms with Gasteiger partial charge in [0.2, 0.25) is 0 Å². The van der Waals surface area contributed by atoms with E-state index in [0.29, 0.717) is 19.8 Å². The van der Waals surface area contributed by atoms with Gasteiger partial charge in [0.1, 0.15) is 12.4 Å². The highest BCUT2D eigenvalue weighted by Gasteiger charge is 2.50. The van der Waals surface area contributed by atoms with Gasteiger partial charge in [0.15, 0.2) is 0 Å². The number of rotatable bonds is 12. The lowest BCUT2D eigenvalue weighted by atomic mass is 9.96. The Balaban J connectivity index is 1.47. The molecule has 228 valence electrons. The summed E-state index contributed by atoms with van der Waals surface area (Å²) in [5.41, 5.74) is 4.42. The Bertz CT molecular complexity index is 1520. The Morgan fingerprint density at radius 1 is 0.841 bits per heavy atom. The molecule has 1 unspecified atom stereocenters. The van der Waals surface area contributed by atoms with E-state index < -0.39 is 8.32 Å². The molecule has 0 aliphatic carbocycles. The summed E-state index contributed by atoms with van der Waals surface area (Å²) in [6.07, 6.45) is 0.236. The Kier molecular flexibility index (Phi) is 11.2. The SMILES string of the molecule is CC#CC(CC(=O)OCC)c1ccc(OCc2ccc(CO[Si](c3ccccc3)(c3ccccc3)C(C)(C)C)c(C)c2)cc1. The lowest BCUT2D eigenvalue weighted by molar-refractivity contribution is -0.143. The maximum Gasteiger partial charge on any atom is 0.307 e. The predicted molar refractivity (Wildman–Crippen MR) is 182 cm³/mol. The van der Waals surface area contributed by atoms with Crippen molar-refractivity contribution in [3.63, 3.8) is 0 Å². The highest BCUT2D eigenvalue weighted by molar-refractivity contribution is 6.99. The number of hydrogen-bond acceptors (Lipinski definition) is 4. The van der Waals surface area contributed by atoms with Crippen molar-refractivity contribution in [2.75, 3.05) is 6.61 Å². The van der Waals surface area contributed by atoms with Gasteiger partial charge in [0.05, 0.1) is 25.6 Å². The van der Waals surface area contributed by atoms with E-state index >= 15 is 0 Å². The van der Waals surface area contributed by atoms with Crippen LogP contribution in [0.25, 0.3) is 0 Å². The maximum absolute atomic E-state index is 12.0. The second-order valence-electron chi connectivity index (χ2n) is 12.0. The molecule has 0 N–H and O–H groups in total. The van der Waals surface area contributed by atoms with Crippen molar-refractivity contribution in [2.45, 2.75) is 72.1 Å². The second-order valence-corrected chi connectivity index (χ2v) is 16.3. The van der Waals surface area contributed by atoms with E-state index in [1.165, 1.54) is 21.5 Å². The first-order chi connectivity index (χ1) is 21.2. The Labute approximate surface area is 264 Å². The number of esters is 1. The minimum Gasteiger partial charge on any atom is -0.489 e. The van der Waals surface area contributed by atoms with Crippen LogP contribution in [0.4, 0.5) is 0 Å². The minimum atomic E-state index is -2.62. The van der Waals surface area contributed by atoms with Crippen LogP contribution in [0.1, 0.15) is 69.2 Å². The fraction of sp³-hybridized carbons (Fsp3) is 0.308. The van der Waals surface area contributed by atoms with Gasteiger partial charge < -0.3 is 13.9 Å². The summed E-state index contributed by atoms with van der Waals surface area (Å²) in [6.45, 7) is 14.0. The molecule has 4 aromatic rings. The van der Waals surface area contributed by atoms with Crippen molar-refractivity contribution in [1.82, 2.24) is 0 Å². The third-order valence-corrected chi connectivity index (χ3v) is 12.9. The average molecular weight is 605 g/mol. The molecule has 0 aromatic heterocycles. The van der Waals surface area contributed by atoms with E-state index in [2.05, 4.69) is 118 Å². The molecule has 1 atom stereocenters. The summed E-state index contributed by atoms with van der Waals surface area (Å²) in [5, 5.41) is 2.48. The molecule has 0 radical (unpaired) electrons. The number of carbonyl (C=O) groups is 1. The molecule has 0 heterocycles. The van der Waals surface area contributed by atoms with Crippen LogP contribution in [0.3, 0.4) is 0 Å². The fourth-order valence-corrected chi connectivity index (χ4v) is 10.3. The first-order valence-corrected chi connectivity index (χ1v) is 17.2. The Morgan fingerprint density at radius 3 is 1.98 bits per heavy atom. The minimum absolute atomic E-state index is 0.0745. The summed E-state index contributed by atoms with van der Waals surface area (Å²) >= 11 is 0. The average Bonchev–Trinajstić information content (AvgIpc) is 3.02. The lowest BCUT2D eigenvalue weighted by Gasteiger charge is -2.43.